The molecule has 0 unspecified atom stereocenters. The molecule has 172 valence electrons. The highest BCUT2D eigenvalue weighted by Crippen LogP contribution is 2.38. The van der Waals surface area contributed by atoms with E-state index in [1.165, 1.54) is 18.2 Å². The van der Waals surface area contributed by atoms with Crippen molar-refractivity contribution in [2.75, 3.05) is 6.26 Å². The van der Waals surface area contributed by atoms with Crippen LogP contribution in [0.5, 0.6) is 5.75 Å². The summed E-state index contributed by atoms with van der Waals surface area (Å²) in [6, 6.07) is 8.38. The zero-order valence-corrected chi connectivity index (χ0v) is 19.4. The summed E-state index contributed by atoms with van der Waals surface area (Å²) in [6.07, 6.45) is 1.35. The summed E-state index contributed by atoms with van der Waals surface area (Å²) in [5.41, 5.74) is -3.20. The molecule has 0 spiro atoms. The Kier molecular flexibility index (Phi) is 6.22. The Balaban J connectivity index is 2.15. The first-order valence-electron chi connectivity index (χ1n) is 9.00. The lowest BCUT2D eigenvalue weighted by Gasteiger charge is -2.17. The first-order chi connectivity index (χ1) is 14.6. The van der Waals surface area contributed by atoms with Gasteiger partial charge in [-0.25, -0.2) is 8.42 Å². The van der Waals surface area contributed by atoms with Crippen LogP contribution in [0.4, 0.5) is 13.2 Å². The molecule has 0 fully saturated rings. The number of rotatable bonds is 5. The van der Waals surface area contributed by atoms with Crippen LogP contribution in [0.15, 0.2) is 41.3 Å². The van der Waals surface area contributed by atoms with Crippen LogP contribution >= 0.6 is 11.6 Å². The first kappa shape index (κ1) is 24.3. The molecule has 2 aromatic carbocycles. The van der Waals surface area contributed by atoms with Crippen molar-refractivity contribution < 1.29 is 34.2 Å². The van der Waals surface area contributed by atoms with Gasteiger partial charge >= 0.3 is 15.6 Å². The number of benzene rings is 2. The van der Waals surface area contributed by atoms with Crippen LogP contribution in [-0.2, 0) is 26.4 Å². The quantitative estimate of drug-likeness (QED) is 0.366. The molecule has 0 atom stereocenters. The maximum Gasteiger partial charge on any atom is 0.534 e. The standard InChI is InChI=1S/C20H17ClF3NO5S2/c1-11-15(10-13-4-6-14(7-5-13)31(3,26)27)12(2)25-19-16(21)8-9-17(18(11)19)30-32(28,29)20(22,23)24/h4-9H,10H2,1-3H3. The second-order valence-corrected chi connectivity index (χ2v) is 11.1. The number of pyridine rings is 1. The molecule has 0 radical (unpaired) electrons. The molecule has 6 nitrogen and oxygen atoms in total. The molecule has 0 saturated heterocycles. The molecule has 0 aliphatic heterocycles. The van der Waals surface area contributed by atoms with Crippen LogP contribution in [0.1, 0.15) is 22.4 Å². The topological polar surface area (TPSA) is 90.4 Å². The summed E-state index contributed by atoms with van der Waals surface area (Å²) in [6.45, 7) is 3.28. The third-order valence-electron chi connectivity index (χ3n) is 4.85. The molecule has 12 heteroatoms. The highest BCUT2D eigenvalue weighted by atomic mass is 35.5. The van der Waals surface area contributed by atoms with Crippen LogP contribution in [0.25, 0.3) is 10.9 Å². The second-order valence-electron chi connectivity index (χ2n) is 7.15. The smallest absolute Gasteiger partial charge is 0.375 e. The summed E-state index contributed by atoms with van der Waals surface area (Å²) in [7, 11) is -9.27. The highest BCUT2D eigenvalue weighted by Gasteiger charge is 2.48. The number of halogens is 4. The average Bonchev–Trinajstić information content (AvgIpc) is 2.66. The molecular formula is C20H17ClF3NO5S2. The van der Waals surface area contributed by atoms with Gasteiger partial charge in [0.2, 0.25) is 0 Å². The van der Waals surface area contributed by atoms with Gasteiger partial charge in [0.1, 0.15) is 0 Å². The lowest BCUT2D eigenvalue weighted by atomic mass is 9.96. The molecule has 0 N–H and O–H groups in total. The van der Waals surface area contributed by atoms with E-state index in [0.29, 0.717) is 16.8 Å². The predicted octanol–water partition coefficient (Wildman–Crippen LogP) is 4.73. The Labute approximate surface area is 188 Å². The minimum Gasteiger partial charge on any atom is -0.375 e. The fourth-order valence-electron chi connectivity index (χ4n) is 3.23. The van der Waals surface area contributed by atoms with E-state index in [-0.39, 0.29) is 27.2 Å². The molecule has 1 heterocycles. The minimum atomic E-state index is -5.90. The molecule has 32 heavy (non-hydrogen) atoms. The molecule has 1 aromatic heterocycles. The molecule has 0 saturated carbocycles. The van der Waals surface area contributed by atoms with E-state index in [2.05, 4.69) is 9.17 Å². The Bertz CT molecular complexity index is 1420. The van der Waals surface area contributed by atoms with Crippen molar-refractivity contribution in [3.05, 3.63) is 63.8 Å². The van der Waals surface area contributed by atoms with E-state index in [9.17, 15) is 30.0 Å². The van der Waals surface area contributed by atoms with Gasteiger partial charge in [-0.2, -0.15) is 21.6 Å². The van der Waals surface area contributed by atoms with E-state index < -0.39 is 31.2 Å². The van der Waals surface area contributed by atoms with Crippen molar-refractivity contribution >= 4 is 42.5 Å². The summed E-state index contributed by atoms with van der Waals surface area (Å²) < 4.78 is 89.4. The number of alkyl halides is 3. The zero-order valence-electron chi connectivity index (χ0n) is 17.0. The van der Waals surface area contributed by atoms with Crippen molar-refractivity contribution in [3.63, 3.8) is 0 Å². The number of nitrogens with zero attached hydrogens (tertiary/aromatic N) is 1. The minimum absolute atomic E-state index is 0.0404. The maximum absolute atomic E-state index is 12.8. The second kappa shape index (κ2) is 8.20. The normalized spacial score (nSPS) is 12.8. The fraction of sp³-hybridized carbons (Fsp3) is 0.250. The van der Waals surface area contributed by atoms with Gasteiger partial charge < -0.3 is 4.18 Å². The summed E-state index contributed by atoms with van der Waals surface area (Å²) >= 11 is 6.16. The molecule has 3 rings (SSSR count). The molecule has 0 amide bonds. The van der Waals surface area contributed by atoms with Gasteiger partial charge in [-0.05, 0) is 61.2 Å². The van der Waals surface area contributed by atoms with Crippen LogP contribution in [0.3, 0.4) is 0 Å². The van der Waals surface area contributed by atoms with Crippen molar-refractivity contribution in [2.24, 2.45) is 0 Å². The molecular weight excluding hydrogens is 491 g/mol. The van der Waals surface area contributed by atoms with Crippen molar-refractivity contribution in [3.8, 4) is 5.75 Å². The largest absolute Gasteiger partial charge is 0.534 e. The van der Waals surface area contributed by atoms with E-state index in [4.69, 9.17) is 11.6 Å². The van der Waals surface area contributed by atoms with Crippen molar-refractivity contribution in [1.82, 2.24) is 4.98 Å². The summed E-state index contributed by atoms with van der Waals surface area (Å²) in [5, 5.41) is 0.158. The Hall–Kier alpha value is -2.37. The zero-order chi connectivity index (χ0) is 24.1. The van der Waals surface area contributed by atoms with Crippen LogP contribution in [-0.4, -0.2) is 33.6 Å². The lowest BCUT2D eigenvalue weighted by Crippen LogP contribution is -2.28. The number of sulfone groups is 1. The summed E-state index contributed by atoms with van der Waals surface area (Å²) in [5.74, 6) is -0.541. The Morgan fingerprint density at radius 3 is 2.12 bits per heavy atom. The van der Waals surface area contributed by atoms with Gasteiger partial charge in [-0.1, -0.05) is 23.7 Å². The third kappa shape index (κ3) is 4.69. The van der Waals surface area contributed by atoms with Crippen LogP contribution in [0.2, 0.25) is 5.02 Å². The molecule has 0 aliphatic carbocycles. The number of hydrogen-bond donors (Lipinski definition) is 0. The Morgan fingerprint density at radius 1 is 1.00 bits per heavy atom. The van der Waals surface area contributed by atoms with Crippen LogP contribution < -0.4 is 4.18 Å². The number of fused-ring (bicyclic) bond motifs is 1. The highest BCUT2D eigenvalue weighted by molar-refractivity contribution is 7.90. The van der Waals surface area contributed by atoms with Crippen LogP contribution in [0, 0.1) is 13.8 Å². The predicted molar refractivity (Wildman–Crippen MR) is 114 cm³/mol. The number of hydrogen-bond acceptors (Lipinski definition) is 6. The van der Waals surface area contributed by atoms with E-state index in [1.807, 2.05) is 0 Å². The van der Waals surface area contributed by atoms with Gasteiger partial charge in [-0.3, -0.25) is 4.98 Å². The van der Waals surface area contributed by atoms with Gasteiger partial charge in [0, 0.05) is 17.3 Å². The average molecular weight is 508 g/mol. The van der Waals surface area contributed by atoms with E-state index in [1.54, 1.807) is 26.0 Å². The first-order valence-corrected chi connectivity index (χ1v) is 12.7. The fourth-order valence-corrected chi connectivity index (χ4v) is 4.53. The summed E-state index contributed by atoms with van der Waals surface area (Å²) in [4.78, 5) is 4.50. The lowest BCUT2D eigenvalue weighted by molar-refractivity contribution is -0.0499. The number of aryl methyl sites for hydroxylation is 2. The van der Waals surface area contributed by atoms with E-state index >= 15 is 0 Å². The van der Waals surface area contributed by atoms with Crippen molar-refractivity contribution in [2.45, 2.75) is 30.7 Å². The molecule has 0 bridgehead atoms. The van der Waals surface area contributed by atoms with Gasteiger partial charge in [0.05, 0.1) is 15.4 Å². The van der Waals surface area contributed by atoms with Gasteiger partial charge in [0.25, 0.3) is 0 Å². The Morgan fingerprint density at radius 2 is 1.59 bits per heavy atom. The monoisotopic (exact) mass is 507 g/mol. The SMILES string of the molecule is Cc1nc2c(Cl)ccc(OS(=O)(=O)C(F)(F)F)c2c(C)c1Cc1ccc(S(C)(=O)=O)cc1. The van der Waals surface area contributed by atoms with E-state index in [0.717, 1.165) is 17.9 Å². The third-order valence-corrected chi connectivity index (χ3v) is 7.25. The molecule has 3 aromatic rings. The van der Waals surface area contributed by atoms with Gasteiger partial charge in [0.15, 0.2) is 15.6 Å². The van der Waals surface area contributed by atoms with Crippen molar-refractivity contribution in [1.29, 1.82) is 0 Å². The van der Waals surface area contributed by atoms with Gasteiger partial charge in [-0.15, -0.1) is 0 Å². The maximum atomic E-state index is 12.8. The molecule has 0 aliphatic rings. The number of aromatic nitrogens is 1.